The molecule has 0 aromatic carbocycles. The highest BCUT2D eigenvalue weighted by Gasteiger charge is 2.40. The molecule has 0 aliphatic heterocycles. The van der Waals surface area contributed by atoms with Gasteiger partial charge in [-0.3, -0.25) is 14.5 Å². The molecule has 2 heterocycles. The third-order valence-electron chi connectivity index (χ3n) is 5.04. The van der Waals surface area contributed by atoms with Gasteiger partial charge in [0.1, 0.15) is 11.5 Å². The molecule has 0 atom stereocenters. The van der Waals surface area contributed by atoms with Crippen LogP contribution in [0.5, 0.6) is 0 Å². The van der Waals surface area contributed by atoms with Gasteiger partial charge in [0, 0.05) is 37.1 Å². The number of hydrogen-bond donors (Lipinski definition) is 4. The van der Waals surface area contributed by atoms with Crippen LogP contribution < -0.4 is 0 Å². The van der Waals surface area contributed by atoms with Crippen LogP contribution in [0.25, 0.3) is 6.20 Å². The fourth-order valence-corrected chi connectivity index (χ4v) is 3.10. The van der Waals surface area contributed by atoms with Crippen LogP contribution in [0, 0.1) is 13.8 Å². The second kappa shape index (κ2) is 13.4. The SMILES string of the molecule is C=Cn1ncc(CN(CCN(C)C)Cc2ccc(C)o2)c1C.O=C(O)CC(O)(CC(=O)O)C(=O)O. The summed E-state index contributed by atoms with van der Waals surface area (Å²) in [4.78, 5) is 35.1. The molecule has 0 aliphatic rings. The van der Waals surface area contributed by atoms with Gasteiger partial charge in [-0.05, 0) is 40.1 Å². The van der Waals surface area contributed by atoms with Crippen LogP contribution in [0.4, 0.5) is 0 Å². The Kier molecular flexibility index (Phi) is 11.3. The summed E-state index contributed by atoms with van der Waals surface area (Å²) in [6.07, 6.45) is 1.37. The molecule has 12 heteroatoms. The molecule has 0 spiro atoms. The van der Waals surface area contributed by atoms with Crippen molar-refractivity contribution in [2.45, 2.75) is 45.4 Å². The fraction of sp³-hybridized carbons (Fsp3) is 0.478. The Balaban J connectivity index is 0.000000405. The zero-order chi connectivity index (χ0) is 26.8. The summed E-state index contributed by atoms with van der Waals surface area (Å²) in [6, 6.07) is 4.07. The average Bonchev–Trinajstić information content (AvgIpc) is 3.30. The van der Waals surface area contributed by atoms with Crippen molar-refractivity contribution in [3.8, 4) is 0 Å². The van der Waals surface area contributed by atoms with Gasteiger partial charge in [0.05, 0.1) is 25.6 Å². The van der Waals surface area contributed by atoms with Gasteiger partial charge in [-0.2, -0.15) is 5.10 Å². The van der Waals surface area contributed by atoms with E-state index in [-0.39, 0.29) is 0 Å². The largest absolute Gasteiger partial charge is 0.481 e. The maximum absolute atomic E-state index is 10.3. The van der Waals surface area contributed by atoms with Crippen molar-refractivity contribution in [1.82, 2.24) is 19.6 Å². The Morgan fingerprint density at radius 1 is 1.09 bits per heavy atom. The topological polar surface area (TPSA) is 170 Å². The highest BCUT2D eigenvalue weighted by molar-refractivity contribution is 5.88. The van der Waals surface area contributed by atoms with Crippen molar-refractivity contribution in [3.63, 3.8) is 0 Å². The molecular weight excluding hydrogens is 460 g/mol. The van der Waals surface area contributed by atoms with Crippen molar-refractivity contribution in [2.24, 2.45) is 0 Å². The van der Waals surface area contributed by atoms with Gasteiger partial charge in [-0.15, -0.1) is 0 Å². The zero-order valence-corrected chi connectivity index (χ0v) is 20.5. The number of rotatable bonds is 13. The summed E-state index contributed by atoms with van der Waals surface area (Å²) in [7, 11) is 4.19. The summed E-state index contributed by atoms with van der Waals surface area (Å²) >= 11 is 0. The van der Waals surface area contributed by atoms with E-state index >= 15 is 0 Å². The van der Waals surface area contributed by atoms with Crippen molar-refractivity contribution in [3.05, 3.63) is 47.7 Å². The summed E-state index contributed by atoms with van der Waals surface area (Å²) in [6.45, 7) is 11.5. The van der Waals surface area contributed by atoms with Crippen molar-refractivity contribution >= 4 is 24.1 Å². The Labute approximate surface area is 203 Å². The van der Waals surface area contributed by atoms with E-state index in [1.807, 2.05) is 23.9 Å². The Morgan fingerprint density at radius 3 is 2.09 bits per heavy atom. The molecule has 194 valence electrons. The quantitative estimate of drug-likeness (QED) is 0.318. The van der Waals surface area contributed by atoms with Crippen LogP contribution in [0.2, 0.25) is 0 Å². The number of carboxylic acids is 3. The van der Waals surface area contributed by atoms with Gasteiger partial charge in [0.15, 0.2) is 5.60 Å². The van der Waals surface area contributed by atoms with E-state index in [0.717, 1.165) is 43.4 Å². The molecule has 35 heavy (non-hydrogen) atoms. The highest BCUT2D eigenvalue weighted by atomic mass is 16.4. The minimum absolute atomic E-state index is 0.806. The Morgan fingerprint density at radius 2 is 1.69 bits per heavy atom. The van der Waals surface area contributed by atoms with Crippen LogP contribution in [-0.2, 0) is 27.5 Å². The number of aryl methyl sites for hydroxylation is 1. The van der Waals surface area contributed by atoms with Crippen LogP contribution in [0.15, 0.2) is 29.3 Å². The minimum Gasteiger partial charge on any atom is -0.481 e. The molecule has 2 aromatic heterocycles. The van der Waals surface area contributed by atoms with Crippen LogP contribution >= 0.6 is 0 Å². The summed E-state index contributed by atoms with van der Waals surface area (Å²) in [5.41, 5.74) is -0.375. The number of carboxylic acid groups (broad SMARTS) is 3. The lowest BCUT2D eigenvalue weighted by Gasteiger charge is -2.23. The molecule has 0 saturated carbocycles. The lowest BCUT2D eigenvalue weighted by molar-refractivity contribution is -0.170. The summed E-state index contributed by atoms with van der Waals surface area (Å²) < 4.78 is 7.54. The summed E-state index contributed by atoms with van der Waals surface area (Å²) in [5.74, 6) is -3.06. The Hall–Kier alpha value is -3.48. The first-order chi connectivity index (χ1) is 16.3. The van der Waals surface area contributed by atoms with E-state index < -0.39 is 36.4 Å². The van der Waals surface area contributed by atoms with E-state index in [0.29, 0.717) is 0 Å². The molecule has 12 nitrogen and oxygen atoms in total. The molecular formula is C23H34N4O8. The standard InChI is InChI=1S/C17H26N4O.C6H8O7/c1-6-21-15(3)16(11-18-21)12-20(10-9-19(4)5)13-17-8-7-14(2)22-17;7-3(8)1-6(13,5(11)12)2-4(9)10/h6-8,11H,1,9-10,12-13H2,2-5H3;13H,1-2H2,(H,7,8)(H,9,10)(H,11,12). The number of likely N-dealkylation sites (N-methyl/N-ethyl adjacent to an activating group) is 1. The molecule has 2 rings (SSSR count). The molecule has 0 saturated heterocycles. The number of hydrogen-bond acceptors (Lipinski definition) is 8. The Bertz CT molecular complexity index is 995. The summed E-state index contributed by atoms with van der Waals surface area (Å²) in [5, 5.41) is 38.1. The van der Waals surface area contributed by atoms with Crippen molar-refractivity contribution < 1.29 is 39.2 Å². The monoisotopic (exact) mass is 494 g/mol. The van der Waals surface area contributed by atoms with Gasteiger partial charge in [-0.1, -0.05) is 6.58 Å². The minimum atomic E-state index is -2.74. The third kappa shape index (κ3) is 10.1. The molecule has 0 unspecified atom stereocenters. The molecule has 0 amide bonds. The van der Waals surface area contributed by atoms with Gasteiger partial charge in [0.2, 0.25) is 0 Å². The smallest absolute Gasteiger partial charge is 0.336 e. The maximum Gasteiger partial charge on any atom is 0.336 e. The van der Waals surface area contributed by atoms with Gasteiger partial charge in [0.25, 0.3) is 0 Å². The van der Waals surface area contributed by atoms with Crippen LogP contribution in [0.1, 0.15) is 35.6 Å². The lowest BCUT2D eigenvalue weighted by atomic mass is 9.96. The molecule has 2 aromatic rings. The third-order valence-corrected chi connectivity index (χ3v) is 5.04. The van der Waals surface area contributed by atoms with Crippen molar-refractivity contribution in [1.29, 1.82) is 0 Å². The van der Waals surface area contributed by atoms with E-state index in [1.54, 1.807) is 6.20 Å². The van der Waals surface area contributed by atoms with Crippen molar-refractivity contribution in [2.75, 3.05) is 27.2 Å². The zero-order valence-electron chi connectivity index (χ0n) is 20.5. The lowest BCUT2D eigenvalue weighted by Crippen LogP contribution is -2.42. The second-order valence-corrected chi connectivity index (χ2v) is 8.39. The van der Waals surface area contributed by atoms with Gasteiger partial charge in [-0.25, -0.2) is 9.48 Å². The van der Waals surface area contributed by atoms with Crippen LogP contribution in [-0.4, -0.2) is 90.7 Å². The number of aromatic nitrogens is 2. The first-order valence-corrected chi connectivity index (χ1v) is 10.7. The molecule has 4 N–H and O–H groups in total. The highest BCUT2D eigenvalue weighted by Crippen LogP contribution is 2.16. The molecule has 0 fully saturated rings. The molecule has 0 aliphatic carbocycles. The number of nitrogens with zero attached hydrogens (tertiary/aromatic N) is 4. The maximum atomic E-state index is 10.3. The van der Waals surface area contributed by atoms with E-state index in [1.165, 1.54) is 5.56 Å². The number of furan rings is 1. The first-order valence-electron chi connectivity index (χ1n) is 10.7. The number of carbonyl (C=O) groups is 3. The van der Waals surface area contributed by atoms with Crippen LogP contribution in [0.3, 0.4) is 0 Å². The van der Waals surface area contributed by atoms with Gasteiger partial charge < -0.3 is 29.7 Å². The average molecular weight is 495 g/mol. The first kappa shape index (κ1) is 29.6. The number of aliphatic carboxylic acids is 3. The normalized spacial score (nSPS) is 11.3. The van der Waals surface area contributed by atoms with Gasteiger partial charge >= 0.3 is 17.9 Å². The predicted molar refractivity (Wildman–Crippen MR) is 127 cm³/mol. The predicted octanol–water partition coefficient (Wildman–Crippen LogP) is 1.51. The fourth-order valence-electron chi connectivity index (χ4n) is 3.10. The second-order valence-electron chi connectivity index (χ2n) is 8.39. The molecule has 0 radical (unpaired) electrons. The number of aliphatic hydroxyl groups is 1. The van der Waals surface area contributed by atoms with E-state index in [4.69, 9.17) is 24.8 Å². The molecule has 0 bridgehead atoms. The van der Waals surface area contributed by atoms with E-state index in [9.17, 15) is 14.4 Å². The van der Waals surface area contributed by atoms with E-state index in [2.05, 4.69) is 48.6 Å².